The molecule has 6 heteroatoms. The van der Waals surface area contributed by atoms with Gasteiger partial charge in [0.2, 0.25) is 6.79 Å². The number of nitrogens with zero attached hydrogens (tertiary/aromatic N) is 2. The number of fused-ring (bicyclic) bond motifs is 1. The Kier molecular flexibility index (Phi) is 5.32. The van der Waals surface area contributed by atoms with Gasteiger partial charge in [-0.1, -0.05) is 7.43 Å². The van der Waals surface area contributed by atoms with E-state index in [0.29, 0.717) is 0 Å². The molecule has 2 aliphatic heterocycles. The first-order valence-corrected chi connectivity index (χ1v) is 8.43. The van der Waals surface area contributed by atoms with Gasteiger partial charge in [0.05, 0.1) is 0 Å². The molecule has 0 aromatic heterocycles. The van der Waals surface area contributed by atoms with Gasteiger partial charge in [-0.2, -0.15) is 0 Å². The average Bonchev–Trinajstić information content (AvgIpc) is 3.10. The molecule has 1 amide bonds. The maximum atomic E-state index is 12.6. The minimum Gasteiger partial charge on any atom is -0.454 e. The molecule has 2 aliphatic rings. The van der Waals surface area contributed by atoms with E-state index in [-0.39, 0.29) is 20.1 Å². The molecule has 2 heterocycles. The van der Waals surface area contributed by atoms with Gasteiger partial charge in [0, 0.05) is 49.2 Å². The van der Waals surface area contributed by atoms with Crippen molar-refractivity contribution >= 4 is 17.3 Å². The van der Waals surface area contributed by atoms with Crippen molar-refractivity contribution in [2.45, 2.75) is 7.43 Å². The second-order valence-electron chi connectivity index (χ2n) is 6.37. The molecule has 0 spiro atoms. The molecule has 0 saturated carbocycles. The second kappa shape index (κ2) is 7.66. The maximum absolute atomic E-state index is 12.6. The quantitative estimate of drug-likeness (QED) is 0.916. The Morgan fingerprint density at radius 1 is 0.923 bits per heavy atom. The fraction of sp³-hybridized carbons (Fsp3) is 0.350. The largest absolute Gasteiger partial charge is 0.454 e. The zero-order valence-electron chi connectivity index (χ0n) is 14.2. The van der Waals surface area contributed by atoms with E-state index in [1.54, 1.807) is 0 Å². The summed E-state index contributed by atoms with van der Waals surface area (Å²) >= 11 is 0. The number of nitrogens with one attached hydrogen (secondary N) is 1. The van der Waals surface area contributed by atoms with Crippen molar-refractivity contribution in [3.8, 4) is 11.5 Å². The predicted octanol–water partition coefficient (Wildman–Crippen LogP) is 3.18. The normalized spacial score (nSPS) is 16.1. The number of ether oxygens (including phenoxy) is 2. The lowest BCUT2D eigenvalue weighted by molar-refractivity contribution is 0.0664. The summed E-state index contributed by atoms with van der Waals surface area (Å²) in [5.41, 5.74) is 2.57. The van der Waals surface area contributed by atoms with E-state index in [4.69, 9.17) is 9.47 Å². The van der Waals surface area contributed by atoms with Crippen LogP contribution in [0.1, 0.15) is 17.8 Å². The van der Waals surface area contributed by atoms with Crippen LogP contribution in [-0.4, -0.2) is 55.7 Å². The van der Waals surface area contributed by atoms with Crippen LogP contribution in [0, 0.1) is 0 Å². The highest BCUT2D eigenvalue weighted by molar-refractivity contribution is 5.94. The zero-order chi connectivity index (χ0) is 17.2. The fourth-order valence-electron chi connectivity index (χ4n) is 3.03. The van der Waals surface area contributed by atoms with Crippen LogP contribution in [0.2, 0.25) is 0 Å². The number of piperazine rings is 1. The zero-order valence-corrected chi connectivity index (χ0v) is 14.2. The lowest BCUT2D eigenvalue weighted by Gasteiger charge is -2.32. The first kappa shape index (κ1) is 18.1. The van der Waals surface area contributed by atoms with Gasteiger partial charge in [-0.05, 0) is 43.4 Å². The van der Waals surface area contributed by atoms with Crippen LogP contribution in [0.15, 0.2) is 42.5 Å². The summed E-state index contributed by atoms with van der Waals surface area (Å²) in [7, 11) is 2.08. The van der Waals surface area contributed by atoms with Gasteiger partial charge >= 0.3 is 0 Å². The summed E-state index contributed by atoms with van der Waals surface area (Å²) < 4.78 is 10.7. The minimum absolute atomic E-state index is 0. The summed E-state index contributed by atoms with van der Waals surface area (Å²) in [6, 6.07) is 13.3. The number of rotatable bonds is 3. The highest BCUT2D eigenvalue weighted by atomic mass is 16.7. The molecular weight excluding hydrogens is 330 g/mol. The van der Waals surface area contributed by atoms with E-state index in [1.165, 1.54) is 0 Å². The van der Waals surface area contributed by atoms with Crippen LogP contribution in [-0.2, 0) is 0 Å². The third kappa shape index (κ3) is 3.75. The van der Waals surface area contributed by atoms with Crippen molar-refractivity contribution in [3.05, 3.63) is 48.0 Å². The number of amides is 1. The van der Waals surface area contributed by atoms with Crippen molar-refractivity contribution in [2.75, 3.05) is 45.3 Å². The van der Waals surface area contributed by atoms with E-state index in [0.717, 1.165) is 54.6 Å². The Morgan fingerprint density at radius 2 is 1.58 bits per heavy atom. The highest BCUT2D eigenvalue weighted by Gasteiger charge is 2.20. The Balaban J connectivity index is 0.00000196. The fourth-order valence-corrected chi connectivity index (χ4v) is 3.03. The standard InChI is InChI=1S/C19H21N3O3.CH4/c1-21-8-10-22(11-9-21)19(23)14-2-4-15(5-3-14)20-16-6-7-17-18(12-16)25-13-24-17;/h2-7,12,20H,8-11,13H2,1H3;1H4. The number of hydrogen-bond acceptors (Lipinski definition) is 5. The van der Waals surface area contributed by atoms with Crippen molar-refractivity contribution in [1.29, 1.82) is 0 Å². The molecular formula is C20H25N3O3. The van der Waals surface area contributed by atoms with Crippen molar-refractivity contribution in [1.82, 2.24) is 9.80 Å². The van der Waals surface area contributed by atoms with Gasteiger partial charge in [0.15, 0.2) is 11.5 Å². The highest BCUT2D eigenvalue weighted by Crippen LogP contribution is 2.35. The lowest BCUT2D eigenvalue weighted by Crippen LogP contribution is -2.47. The van der Waals surface area contributed by atoms with Crippen LogP contribution < -0.4 is 14.8 Å². The molecule has 2 aromatic rings. The van der Waals surface area contributed by atoms with Crippen LogP contribution in [0.4, 0.5) is 11.4 Å². The molecule has 6 nitrogen and oxygen atoms in total. The summed E-state index contributed by atoms with van der Waals surface area (Å²) in [4.78, 5) is 16.7. The van der Waals surface area contributed by atoms with Gasteiger partial charge < -0.3 is 24.6 Å². The number of carbonyl (C=O) groups is 1. The molecule has 1 fully saturated rings. The molecule has 0 bridgehead atoms. The molecule has 0 atom stereocenters. The van der Waals surface area contributed by atoms with E-state index >= 15 is 0 Å². The lowest BCUT2D eigenvalue weighted by atomic mass is 10.1. The maximum Gasteiger partial charge on any atom is 0.253 e. The summed E-state index contributed by atoms with van der Waals surface area (Å²) in [5, 5.41) is 3.32. The Hall–Kier alpha value is -2.73. The predicted molar refractivity (Wildman–Crippen MR) is 102 cm³/mol. The molecule has 1 N–H and O–H groups in total. The van der Waals surface area contributed by atoms with Crippen molar-refractivity contribution in [2.24, 2.45) is 0 Å². The Bertz CT molecular complexity index is 768. The minimum atomic E-state index is 0. The van der Waals surface area contributed by atoms with Gasteiger partial charge in [-0.25, -0.2) is 0 Å². The Morgan fingerprint density at radius 3 is 2.31 bits per heavy atom. The molecule has 0 unspecified atom stereocenters. The summed E-state index contributed by atoms with van der Waals surface area (Å²) in [6.45, 7) is 3.69. The number of anilines is 2. The van der Waals surface area contributed by atoms with E-state index < -0.39 is 0 Å². The third-order valence-corrected chi connectivity index (χ3v) is 4.58. The van der Waals surface area contributed by atoms with E-state index in [9.17, 15) is 4.79 Å². The number of likely N-dealkylation sites (N-methyl/N-ethyl adjacent to an activating group) is 1. The Labute approximate surface area is 154 Å². The summed E-state index contributed by atoms with van der Waals surface area (Å²) in [5.74, 6) is 1.60. The van der Waals surface area contributed by atoms with Gasteiger partial charge in [-0.3, -0.25) is 4.79 Å². The number of hydrogen-bond donors (Lipinski definition) is 1. The smallest absolute Gasteiger partial charge is 0.253 e. The first-order valence-electron chi connectivity index (χ1n) is 8.43. The van der Waals surface area contributed by atoms with Crippen molar-refractivity contribution in [3.63, 3.8) is 0 Å². The van der Waals surface area contributed by atoms with Crippen molar-refractivity contribution < 1.29 is 14.3 Å². The van der Waals surface area contributed by atoms with E-state index in [2.05, 4.69) is 17.3 Å². The second-order valence-corrected chi connectivity index (χ2v) is 6.37. The first-order chi connectivity index (χ1) is 12.2. The molecule has 2 aromatic carbocycles. The van der Waals surface area contributed by atoms with E-state index in [1.807, 2.05) is 47.4 Å². The van der Waals surface area contributed by atoms with Gasteiger partial charge in [0.1, 0.15) is 0 Å². The SMILES string of the molecule is C.CN1CCN(C(=O)c2ccc(Nc3ccc4c(c3)OCO4)cc2)CC1. The molecule has 1 saturated heterocycles. The van der Waals surface area contributed by atoms with Crippen LogP contribution in [0.3, 0.4) is 0 Å². The van der Waals surface area contributed by atoms with Crippen LogP contribution in [0.5, 0.6) is 11.5 Å². The topological polar surface area (TPSA) is 54.0 Å². The van der Waals surface area contributed by atoms with Gasteiger partial charge in [0.25, 0.3) is 5.91 Å². The van der Waals surface area contributed by atoms with Gasteiger partial charge in [-0.15, -0.1) is 0 Å². The molecule has 4 rings (SSSR count). The molecule has 138 valence electrons. The number of carbonyl (C=O) groups excluding carboxylic acids is 1. The summed E-state index contributed by atoms with van der Waals surface area (Å²) in [6.07, 6.45) is 0. The third-order valence-electron chi connectivity index (χ3n) is 4.58. The number of benzene rings is 2. The average molecular weight is 355 g/mol. The molecule has 0 aliphatic carbocycles. The molecule has 0 radical (unpaired) electrons. The monoisotopic (exact) mass is 355 g/mol. The van der Waals surface area contributed by atoms with Crippen LogP contribution in [0.25, 0.3) is 0 Å². The van der Waals surface area contributed by atoms with Crippen LogP contribution >= 0.6 is 0 Å². The molecule has 26 heavy (non-hydrogen) atoms.